The molecule has 0 saturated heterocycles. The standard InChI is InChI=1S/C20H22N4/c1(7-13-23-15-21-17-9-3-5-11-19(17)23)2-8-14-24-16-22-18-10-4-6-12-20(18)24/h3-6,9-12,15-16H,1-2,7-8,13-14H2. The van der Waals surface area contributed by atoms with Crippen molar-refractivity contribution in [2.45, 2.75) is 38.8 Å². The van der Waals surface area contributed by atoms with E-state index in [-0.39, 0.29) is 0 Å². The van der Waals surface area contributed by atoms with Gasteiger partial charge in [-0.05, 0) is 37.1 Å². The monoisotopic (exact) mass is 318 g/mol. The summed E-state index contributed by atoms with van der Waals surface area (Å²) in [5.74, 6) is 0. The van der Waals surface area contributed by atoms with Crippen LogP contribution in [0.4, 0.5) is 0 Å². The van der Waals surface area contributed by atoms with Crippen LogP contribution < -0.4 is 0 Å². The second kappa shape index (κ2) is 6.87. The van der Waals surface area contributed by atoms with Crippen molar-refractivity contribution in [3.05, 3.63) is 61.2 Å². The molecule has 24 heavy (non-hydrogen) atoms. The molecule has 2 heterocycles. The molecule has 2 aromatic heterocycles. The Kier molecular flexibility index (Phi) is 4.28. The highest BCUT2D eigenvalue weighted by atomic mass is 15.0. The lowest BCUT2D eigenvalue weighted by Crippen LogP contribution is -1.98. The van der Waals surface area contributed by atoms with Crippen molar-refractivity contribution in [2.24, 2.45) is 0 Å². The van der Waals surface area contributed by atoms with Crippen LogP contribution in [0.3, 0.4) is 0 Å². The number of fused-ring (bicyclic) bond motifs is 2. The van der Waals surface area contributed by atoms with E-state index < -0.39 is 0 Å². The number of imidazole rings is 2. The fourth-order valence-electron chi connectivity index (χ4n) is 3.29. The Morgan fingerprint density at radius 2 is 1.04 bits per heavy atom. The predicted molar refractivity (Wildman–Crippen MR) is 97.9 cm³/mol. The Bertz CT molecular complexity index is 857. The second-order valence-electron chi connectivity index (χ2n) is 6.27. The number of hydrogen-bond acceptors (Lipinski definition) is 2. The smallest absolute Gasteiger partial charge is 0.0958 e. The number of rotatable bonds is 7. The first kappa shape index (κ1) is 14.9. The molecule has 0 spiro atoms. The van der Waals surface area contributed by atoms with E-state index in [1.54, 1.807) is 0 Å². The van der Waals surface area contributed by atoms with Gasteiger partial charge in [-0.25, -0.2) is 9.97 Å². The van der Waals surface area contributed by atoms with Crippen LogP contribution in [0.5, 0.6) is 0 Å². The molecule has 122 valence electrons. The van der Waals surface area contributed by atoms with Gasteiger partial charge in [0.2, 0.25) is 0 Å². The molecule has 0 atom stereocenters. The fraction of sp³-hybridized carbons (Fsp3) is 0.300. The second-order valence-corrected chi connectivity index (χ2v) is 6.27. The number of benzene rings is 2. The molecule has 4 rings (SSSR count). The lowest BCUT2D eigenvalue weighted by molar-refractivity contribution is 0.548. The highest BCUT2D eigenvalue weighted by Gasteiger charge is 2.02. The van der Waals surface area contributed by atoms with E-state index in [0.29, 0.717) is 0 Å². The summed E-state index contributed by atoms with van der Waals surface area (Å²) in [5, 5.41) is 0. The Morgan fingerprint density at radius 1 is 0.583 bits per heavy atom. The van der Waals surface area contributed by atoms with Gasteiger partial charge < -0.3 is 9.13 Å². The highest BCUT2D eigenvalue weighted by Crippen LogP contribution is 2.15. The van der Waals surface area contributed by atoms with Gasteiger partial charge in [0.25, 0.3) is 0 Å². The first-order valence-electron chi connectivity index (χ1n) is 8.71. The normalized spacial score (nSPS) is 11.5. The van der Waals surface area contributed by atoms with Gasteiger partial charge >= 0.3 is 0 Å². The number of aromatic nitrogens is 4. The number of aryl methyl sites for hydroxylation is 2. The van der Waals surface area contributed by atoms with Crippen LogP contribution in [0.15, 0.2) is 61.2 Å². The first-order chi connectivity index (χ1) is 11.9. The van der Waals surface area contributed by atoms with Crippen molar-refractivity contribution >= 4 is 22.1 Å². The third-order valence-electron chi connectivity index (χ3n) is 4.60. The van der Waals surface area contributed by atoms with Crippen LogP contribution in [0, 0.1) is 0 Å². The molecular formula is C20H22N4. The zero-order valence-corrected chi connectivity index (χ0v) is 13.8. The van der Waals surface area contributed by atoms with Crippen molar-refractivity contribution in [3.8, 4) is 0 Å². The maximum atomic E-state index is 4.45. The summed E-state index contributed by atoms with van der Waals surface area (Å²) in [6, 6.07) is 16.7. The Labute approximate surface area is 141 Å². The van der Waals surface area contributed by atoms with Crippen LogP contribution >= 0.6 is 0 Å². The van der Waals surface area contributed by atoms with E-state index >= 15 is 0 Å². The summed E-state index contributed by atoms with van der Waals surface area (Å²) in [6.45, 7) is 2.10. The molecule has 0 fully saturated rings. The minimum Gasteiger partial charge on any atom is -0.331 e. The quantitative estimate of drug-likeness (QED) is 0.465. The van der Waals surface area contributed by atoms with E-state index in [0.717, 1.165) is 24.1 Å². The summed E-state index contributed by atoms with van der Waals surface area (Å²) in [7, 11) is 0. The zero-order chi connectivity index (χ0) is 16.2. The molecule has 2 aromatic carbocycles. The third kappa shape index (κ3) is 3.04. The maximum Gasteiger partial charge on any atom is 0.0958 e. The van der Waals surface area contributed by atoms with Gasteiger partial charge in [0.15, 0.2) is 0 Å². The summed E-state index contributed by atoms with van der Waals surface area (Å²) in [5.41, 5.74) is 4.65. The molecule has 0 aliphatic heterocycles. The summed E-state index contributed by atoms with van der Waals surface area (Å²) in [4.78, 5) is 8.90. The van der Waals surface area contributed by atoms with Crippen molar-refractivity contribution in [3.63, 3.8) is 0 Å². The predicted octanol–water partition coefficient (Wildman–Crippen LogP) is 4.65. The number of unbranched alkanes of at least 4 members (excludes halogenated alkanes) is 3. The molecule has 0 aliphatic rings. The maximum absolute atomic E-state index is 4.45. The van der Waals surface area contributed by atoms with Crippen LogP contribution in [0.2, 0.25) is 0 Å². The van der Waals surface area contributed by atoms with E-state index in [1.807, 2.05) is 24.8 Å². The average Bonchev–Trinajstić information content (AvgIpc) is 3.22. The molecule has 4 nitrogen and oxygen atoms in total. The van der Waals surface area contributed by atoms with Crippen molar-refractivity contribution in [1.29, 1.82) is 0 Å². The zero-order valence-electron chi connectivity index (χ0n) is 13.8. The van der Waals surface area contributed by atoms with Crippen LogP contribution in [0.1, 0.15) is 25.7 Å². The van der Waals surface area contributed by atoms with Crippen molar-refractivity contribution < 1.29 is 0 Å². The van der Waals surface area contributed by atoms with Gasteiger partial charge in [0, 0.05) is 13.1 Å². The lowest BCUT2D eigenvalue weighted by Gasteiger charge is -2.06. The molecule has 0 aliphatic carbocycles. The SMILES string of the molecule is c1ccc2c(c1)ncn2CCCCCCn1cnc2ccccc21. The molecule has 0 unspecified atom stereocenters. The molecule has 0 bridgehead atoms. The minimum atomic E-state index is 1.05. The van der Waals surface area contributed by atoms with Crippen molar-refractivity contribution in [2.75, 3.05) is 0 Å². The summed E-state index contributed by atoms with van der Waals surface area (Å²) < 4.78 is 4.53. The number of nitrogens with zero attached hydrogens (tertiary/aromatic N) is 4. The van der Waals surface area contributed by atoms with Crippen LogP contribution in [-0.4, -0.2) is 19.1 Å². The molecule has 0 radical (unpaired) electrons. The molecule has 0 amide bonds. The molecule has 4 heteroatoms. The summed E-state index contributed by atoms with van der Waals surface area (Å²) in [6.07, 6.45) is 8.82. The van der Waals surface area contributed by atoms with Gasteiger partial charge in [-0.1, -0.05) is 37.1 Å². The number of para-hydroxylation sites is 4. The lowest BCUT2D eigenvalue weighted by atomic mass is 10.2. The Morgan fingerprint density at radius 3 is 1.54 bits per heavy atom. The van der Waals surface area contributed by atoms with Gasteiger partial charge in [-0.15, -0.1) is 0 Å². The largest absolute Gasteiger partial charge is 0.331 e. The Hall–Kier alpha value is -2.62. The average molecular weight is 318 g/mol. The van der Waals surface area contributed by atoms with Gasteiger partial charge in [-0.2, -0.15) is 0 Å². The van der Waals surface area contributed by atoms with E-state index in [4.69, 9.17) is 0 Å². The van der Waals surface area contributed by atoms with Gasteiger partial charge in [-0.3, -0.25) is 0 Å². The molecule has 0 saturated carbocycles. The molecule has 4 aromatic rings. The molecule has 0 N–H and O–H groups in total. The minimum absolute atomic E-state index is 1.05. The number of hydrogen-bond donors (Lipinski definition) is 0. The van der Waals surface area contributed by atoms with E-state index in [1.165, 1.54) is 36.7 Å². The van der Waals surface area contributed by atoms with Gasteiger partial charge in [0.05, 0.1) is 34.7 Å². The fourth-order valence-corrected chi connectivity index (χ4v) is 3.29. The van der Waals surface area contributed by atoms with Gasteiger partial charge in [0.1, 0.15) is 0 Å². The van der Waals surface area contributed by atoms with Crippen LogP contribution in [0.25, 0.3) is 22.1 Å². The molecular weight excluding hydrogens is 296 g/mol. The highest BCUT2D eigenvalue weighted by molar-refractivity contribution is 5.75. The van der Waals surface area contributed by atoms with Crippen LogP contribution in [-0.2, 0) is 13.1 Å². The topological polar surface area (TPSA) is 35.6 Å². The van der Waals surface area contributed by atoms with Crippen molar-refractivity contribution in [1.82, 2.24) is 19.1 Å². The third-order valence-corrected chi connectivity index (χ3v) is 4.60. The van der Waals surface area contributed by atoms with E-state index in [9.17, 15) is 0 Å². The summed E-state index contributed by atoms with van der Waals surface area (Å²) >= 11 is 0. The van der Waals surface area contributed by atoms with E-state index in [2.05, 4.69) is 55.5 Å². The first-order valence-corrected chi connectivity index (χ1v) is 8.71. The Balaban J connectivity index is 1.24.